The fourth-order valence-corrected chi connectivity index (χ4v) is 7.25. The Labute approximate surface area is 274 Å². The molecule has 1 aliphatic rings. The van der Waals surface area contributed by atoms with Gasteiger partial charge in [0.15, 0.2) is 5.82 Å². The Balaban J connectivity index is 1.23. The van der Waals surface area contributed by atoms with Gasteiger partial charge in [-0.05, 0) is 85.8 Å². The van der Waals surface area contributed by atoms with Gasteiger partial charge in [-0.2, -0.15) is 0 Å². The van der Waals surface area contributed by atoms with E-state index in [4.69, 9.17) is 9.97 Å². The first-order chi connectivity index (χ1) is 23.0. The second-order valence-corrected chi connectivity index (χ2v) is 12.9. The molecule has 0 atom stereocenters. The highest BCUT2D eigenvalue weighted by molar-refractivity contribution is 5.99. The average Bonchev–Trinajstić information content (AvgIpc) is 3.36. The van der Waals surface area contributed by atoms with Crippen molar-refractivity contribution in [2.75, 3.05) is 0 Å². The van der Waals surface area contributed by atoms with E-state index in [9.17, 15) is 0 Å². The number of fused-ring (bicyclic) bond motifs is 5. The molecular weight excluding hydrogens is 571 g/mol. The normalized spacial score (nSPS) is 13.1. The smallest absolute Gasteiger partial charge is 0.160 e. The molecule has 0 bridgehead atoms. The molecule has 6 aromatic carbocycles. The molecule has 3 nitrogen and oxygen atoms in total. The first-order valence-electron chi connectivity index (χ1n) is 16.1. The molecule has 3 heteroatoms. The molecule has 0 spiro atoms. The van der Waals surface area contributed by atoms with Gasteiger partial charge in [0.05, 0.1) is 11.4 Å². The van der Waals surface area contributed by atoms with E-state index < -0.39 is 0 Å². The minimum atomic E-state index is -0.129. The number of aromatic nitrogens is 3. The summed E-state index contributed by atoms with van der Waals surface area (Å²) in [5, 5.41) is 4.87. The molecule has 9 rings (SSSR count). The highest BCUT2D eigenvalue weighted by Crippen LogP contribution is 2.53. The maximum Gasteiger partial charge on any atom is 0.160 e. The van der Waals surface area contributed by atoms with Gasteiger partial charge in [-0.1, -0.05) is 117 Å². The Morgan fingerprint density at radius 3 is 1.91 bits per heavy atom. The van der Waals surface area contributed by atoms with Crippen LogP contribution >= 0.6 is 0 Å². The van der Waals surface area contributed by atoms with Gasteiger partial charge >= 0.3 is 0 Å². The molecule has 0 saturated heterocycles. The Morgan fingerprint density at radius 2 is 1.13 bits per heavy atom. The van der Waals surface area contributed by atoms with Gasteiger partial charge in [0.2, 0.25) is 0 Å². The molecule has 0 fully saturated rings. The summed E-state index contributed by atoms with van der Waals surface area (Å²) < 4.78 is 0. The van der Waals surface area contributed by atoms with Gasteiger partial charge < -0.3 is 0 Å². The number of pyridine rings is 1. The molecule has 0 amide bonds. The first-order valence-corrected chi connectivity index (χ1v) is 16.1. The van der Waals surface area contributed by atoms with Crippen molar-refractivity contribution in [2.24, 2.45) is 0 Å². The van der Waals surface area contributed by atoms with E-state index in [0.29, 0.717) is 0 Å². The zero-order valence-electron chi connectivity index (χ0n) is 26.3. The summed E-state index contributed by atoms with van der Waals surface area (Å²) in [7, 11) is 0. The summed E-state index contributed by atoms with van der Waals surface area (Å²) in [4.78, 5) is 14.7. The van der Waals surface area contributed by atoms with Crippen LogP contribution in [0.2, 0.25) is 0 Å². The molecule has 1 aliphatic carbocycles. The minimum absolute atomic E-state index is 0.129. The van der Waals surface area contributed by atoms with Crippen molar-refractivity contribution in [3.63, 3.8) is 0 Å². The largest absolute Gasteiger partial charge is 0.264 e. The molecule has 2 heterocycles. The summed E-state index contributed by atoms with van der Waals surface area (Å²) >= 11 is 0. The van der Waals surface area contributed by atoms with Crippen molar-refractivity contribution in [1.29, 1.82) is 0 Å². The van der Waals surface area contributed by atoms with E-state index in [1.807, 2.05) is 36.7 Å². The Kier molecular flexibility index (Phi) is 6.16. The van der Waals surface area contributed by atoms with E-state index in [2.05, 4.69) is 134 Å². The Morgan fingerprint density at radius 1 is 0.447 bits per heavy atom. The lowest BCUT2D eigenvalue weighted by Gasteiger charge is -2.22. The van der Waals surface area contributed by atoms with Crippen molar-refractivity contribution in [3.05, 3.63) is 163 Å². The fourth-order valence-electron chi connectivity index (χ4n) is 7.25. The zero-order valence-corrected chi connectivity index (χ0v) is 26.3. The average molecular weight is 602 g/mol. The van der Waals surface area contributed by atoms with Crippen molar-refractivity contribution in [3.8, 4) is 56.2 Å². The van der Waals surface area contributed by atoms with Crippen LogP contribution in [0.5, 0.6) is 0 Å². The molecule has 8 aromatic rings. The lowest BCUT2D eigenvalue weighted by atomic mass is 9.81. The van der Waals surface area contributed by atoms with Crippen molar-refractivity contribution < 1.29 is 0 Å². The molecule has 222 valence electrons. The van der Waals surface area contributed by atoms with Crippen LogP contribution in [-0.2, 0) is 5.41 Å². The molecule has 0 aliphatic heterocycles. The van der Waals surface area contributed by atoms with Crippen LogP contribution in [0, 0.1) is 0 Å². The van der Waals surface area contributed by atoms with Crippen LogP contribution in [-0.4, -0.2) is 15.0 Å². The van der Waals surface area contributed by atoms with Gasteiger partial charge in [-0.15, -0.1) is 0 Å². The van der Waals surface area contributed by atoms with Crippen molar-refractivity contribution in [2.45, 2.75) is 19.3 Å². The molecule has 47 heavy (non-hydrogen) atoms. The highest BCUT2D eigenvalue weighted by Gasteiger charge is 2.37. The number of hydrogen-bond acceptors (Lipinski definition) is 3. The third kappa shape index (κ3) is 4.54. The van der Waals surface area contributed by atoms with Crippen LogP contribution in [0.1, 0.15) is 25.0 Å². The lowest BCUT2D eigenvalue weighted by Crippen LogP contribution is -2.14. The second kappa shape index (κ2) is 10.6. The number of nitrogens with zero attached hydrogens (tertiary/aromatic N) is 3. The maximum absolute atomic E-state index is 5.25. The van der Waals surface area contributed by atoms with E-state index in [0.717, 1.165) is 45.0 Å². The highest BCUT2D eigenvalue weighted by atomic mass is 14.9. The third-order valence-electron chi connectivity index (χ3n) is 9.73. The van der Waals surface area contributed by atoms with Gasteiger partial charge in [0.1, 0.15) is 0 Å². The van der Waals surface area contributed by atoms with Crippen LogP contribution in [0.15, 0.2) is 152 Å². The predicted octanol–water partition coefficient (Wildman–Crippen LogP) is 11.2. The Bertz CT molecular complexity index is 2480. The standard InChI is InChI=1S/C44H31N3/c1-44(2)38-16-8-15-36(42(38)37-24-29-12-6-7-13-30(29)25-39(37)44)41-26-40(46-43(47-41)28-10-4-3-5-11-28)34-20-19-31-22-33(18-17-32(31)23-34)35-14-9-21-45-27-35/h3-27H,1-2H3. The van der Waals surface area contributed by atoms with Gasteiger partial charge in [-0.25, -0.2) is 9.97 Å². The summed E-state index contributed by atoms with van der Waals surface area (Å²) in [6.45, 7) is 4.68. The SMILES string of the molecule is CC1(C)c2cc3ccccc3cc2-c2c(-c3cc(-c4ccc5cc(-c6cccnc6)ccc5c4)nc(-c4ccccc4)n3)cccc21. The third-order valence-corrected chi connectivity index (χ3v) is 9.73. The second-order valence-electron chi connectivity index (χ2n) is 12.9. The number of benzene rings is 6. The quantitative estimate of drug-likeness (QED) is 0.201. The zero-order chi connectivity index (χ0) is 31.5. The summed E-state index contributed by atoms with van der Waals surface area (Å²) in [5.74, 6) is 0.721. The van der Waals surface area contributed by atoms with E-state index in [1.165, 1.54) is 43.8 Å². The monoisotopic (exact) mass is 601 g/mol. The van der Waals surface area contributed by atoms with Gasteiger partial charge in [-0.3, -0.25) is 4.98 Å². The van der Waals surface area contributed by atoms with Crippen LogP contribution < -0.4 is 0 Å². The Hall–Kier alpha value is -5.93. The van der Waals surface area contributed by atoms with E-state index in [1.54, 1.807) is 0 Å². The lowest BCUT2D eigenvalue weighted by molar-refractivity contribution is 0.661. The van der Waals surface area contributed by atoms with Crippen LogP contribution in [0.3, 0.4) is 0 Å². The predicted molar refractivity (Wildman–Crippen MR) is 194 cm³/mol. The minimum Gasteiger partial charge on any atom is -0.264 e. The summed E-state index contributed by atoms with van der Waals surface area (Å²) in [6, 6.07) is 49.8. The van der Waals surface area contributed by atoms with Crippen molar-refractivity contribution in [1.82, 2.24) is 15.0 Å². The number of rotatable bonds is 4. The molecule has 0 N–H and O–H groups in total. The van der Waals surface area contributed by atoms with E-state index in [-0.39, 0.29) is 5.41 Å². The maximum atomic E-state index is 5.25. The molecule has 2 aromatic heterocycles. The summed E-state index contributed by atoms with van der Waals surface area (Å²) in [5.41, 5.74) is 12.4. The van der Waals surface area contributed by atoms with Gasteiger partial charge in [0.25, 0.3) is 0 Å². The fraction of sp³-hybridized carbons (Fsp3) is 0.0682. The topological polar surface area (TPSA) is 38.7 Å². The van der Waals surface area contributed by atoms with Gasteiger partial charge in [0, 0.05) is 40.1 Å². The molecule has 0 unspecified atom stereocenters. The molecule has 0 saturated carbocycles. The van der Waals surface area contributed by atoms with Crippen LogP contribution in [0.4, 0.5) is 0 Å². The van der Waals surface area contributed by atoms with E-state index >= 15 is 0 Å². The molecular formula is C44H31N3. The first kappa shape index (κ1) is 27.4. The van der Waals surface area contributed by atoms with Crippen LogP contribution in [0.25, 0.3) is 77.7 Å². The van der Waals surface area contributed by atoms with Crippen molar-refractivity contribution >= 4 is 21.5 Å². The molecule has 0 radical (unpaired) electrons. The summed E-state index contributed by atoms with van der Waals surface area (Å²) in [6.07, 6.45) is 3.72. The number of hydrogen-bond donors (Lipinski definition) is 0.